The number of alkyl halides is 2. The molecule has 0 rings (SSSR count). The van der Waals surface area contributed by atoms with Crippen LogP contribution in [0.5, 0.6) is 0 Å². The Bertz CT molecular complexity index is 21.6. The fraction of sp³-hybridized carbons (Fsp3) is 1.00. The molecule has 0 unspecified atom stereocenters. The van der Waals surface area contributed by atoms with Crippen molar-refractivity contribution in [1.29, 1.82) is 0 Å². The lowest BCUT2D eigenvalue weighted by molar-refractivity contribution is 1.86. The highest BCUT2D eigenvalue weighted by Crippen LogP contribution is 1.95. The van der Waals surface area contributed by atoms with Gasteiger partial charge >= 0.3 is 0 Å². The fourth-order valence-electron chi connectivity index (χ4n) is 0. The highest BCUT2D eigenvalue weighted by Gasteiger charge is 1.87. The fourth-order valence-corrected chi connectivity index (χ4v) is 0. The molecule has 0 atom stereocenters. The van der Waals surface area contributed by atoms with Gasteiger partial charge in [0, 0.05) is 0 Å². The zero-order valence-electron chi connectivity index (χ0n) is 3.04. The minimum atomic E-state index is -0.120. The zero-order chi connectivity index (χ0) is 4.28. The Morgan fingerprint density at radius 1 is 1.60 bits per heavy atom. The summed E-state index contributed by atoms with van der Waals surface area (Å²) in [5.41, 5.74) is 0. The number of hydrogen-bond acceptors (Lipinski definition) is 0. The molecule has 0 aliphatic carbocycles. The number of rotatable bonds is 1. The molecule has 0 aliphatic rings. The van der Waals surface area contributed by atoms with Crippen molar-refractivity contribution in [2.24, 2.45) is 0 Å². The topological polar surface area (TPSA) is 0 Å². The van der Waals surface area contributed by atoms with E-state index in [2.05, 4.69) is 6.55 Å². The lowest BCUT2D eigenvalue weighted by atomic mass is 11.8. The van der Waals surface area contributed by atoms with Crippen LogP contribution in [0, 0.1) is 0 Å². The van der Waals surface area contributed by atoms with Crippen LogP contribution in [0.15, 0.2) is 0 Å². The van der Waals surface area contributed by atoms with E-state index in [0.29, 0.717) is 0 Å². The molecule has 0 spiro atoms. The first-order chi connectivity index (χ1) is 2.27. The van der Waals surface area contributed by atoms with Crippen LogP contribution in [0.4, 0.5) is 0 Å². The van der Waals surface area contributed by atoms with Gasteiger partial charge in [0.15, 0.2) is 0 Å². The van der Waals surface area contributed by atoms with E-state index in [1.165, 1.54) is 0 Å². The van der Waals surface area contributed by atoms with Gasteiger partial charge in [-0.15, -0.1) is 23.2 Å². The van der Waals surface area contributed by atoms with Gasteiger partial charge in [0.25, 0.3) is 0 Å². The molecule has 0 amide bonds. The summed E-state index contributed by atoms with van der Waals surface area (Å²) in [5, 5.41) is 0. The molecule has 0 aliphatic heterocycles. The molecule has 0 fully saturated rings. The first-order valence-electron chi connectivity index (χ1n) is 1.55. The van der Waals surface area contributed by atoms with Gasteiger partial charge in [-0.05, 0) is 0 Å². The predicted octanol–water partition coefficient (Wildman–Crippen LogP) is 0.964. The zero-order valence-corrected chi connectivity index (χ0v) is 5.97. The quantitative estimate of drug-likeness (QED) is 0.365. The minimum Gasteiger partial charge on any atom is -0.110 e. The Hall–Kier alpha value is 0.797. The normalized spacial score (nSPS) is 12.0. The van der Waals surface area contributed by atoms with Crippen LogP contribution in [0.2, 0.25) is 6.55 Å². The molecule has 0 aromatic carbocycles. The van der Waals surface area contributed by atoms with E-state index in [0.717, 1.165) is 0 Å². The van der Waals surface area contributed by atoms with E-state index in [1.807, 2.05) is 0 Å². The second-order valence-corrected chi connectivity index (χ2v) is 4.74. The molecule has 3 heteroatoms. The maximum absolute atomic E-state index is 5.29. The van der Waals surface area contributed by atoms with E-state index < -0.39 is 0 Å². The van der Waals surface area contributed by atoms with Gasteiger partial charge in [-0.25, -0.2) is 0 Å². The maximum Gasteiger partial charge on any atom is 0.0905 e. The highest BCUT2D eigenvalue weighted by atomic mass is 35.5. The molecule has 0 aromatic rings. The molecular formula is C2H6Cl2Si. The molecule has 5 heavy (non-hydrogen) atoms. The molecule has 32 valence electrons. The molecule has 0 radical (unpaired) electrons. The van der Waals surface area contributed by atoms with E-state index in [4.69, 9.17) is 23.2 Å². The molecule has 0 heterocycles. The van der Waals surface area contributed by atoms with Gasteiger partial charge in [0.05, 0.1) is 14.0 Å². The third-order valence-corrected chi connectivity index (χ3v) is 2.78. The summed E-state index contributed by atoms with van der Waals surface area (Å²) in [4.78, 5) is 0. The first-order valence-corrected chi connectivity index (χ1v) is 4.66. The first kappa shape index (κ1) is 5.80. The Balaban J connectivity index is 2.54. The number of hydrogen-bond donors (Lipinski definition) is 0. The second-order valence-electron chi connectivity index (χ2n) is 0.799. The highest BCUT2D eigenvalue weighted by molar-refractivity contribution is 6.67. The smallest absolute Gasteiger partial charge is 0.0905 e. The van der Waals surface area contributed by atoms with Crippen molar-refractivity contribution in [3.63, 3.8) is 0 Å². The maximum atomic E-state index is 5.29. The summed E-state index contributed by atoms with van der Waals surface area (Å²) in [6.07, 6.45) is 0. The predicted molar refractivity (Wildman–Crippen MR) is 29.9 cm³/mol. The van der Waals surface area contributed by atoms with Crippen LogP contribution in [0.25, 0.3) is 0 Å². The van der Waals surface area contributed by atoms with Gasteiger partial charge in [-0.1, -0.05) is 6.55 Å². The van der Waals surface area contributed by atoms with E-state index >= 15 is 0 Å². The average Bonchev–Trinajstić information content (AvgIpc) is 1.38. The van der Waals surface area contributed by atoms with Crippen LogP contribution in [-0.2, 0) is 0 Å². The van der Waals surface area contributed by atoms with Gasteiger partial charge in [0.1, 0.15) is 0 Å². The largest absolute Gasteiger partial charge is 0.110 e. The molecule has 0 nitrogen and oxygen atoms in total. The summed E-state index contributed by atoms with van der Waals surface area (Å²) >= 11 is 10.6. The summed E-state index contributed by atoms with van der Waals surface area (Å²) in [6, 6.07) is 0. The third kappa shape index (κ3) is 4.80. The standard InChI is InChI=1S/C2H6Cl2Si/c1-5-2(3)4/h2H,5H2,1H3. The van der Waals surface area contributed by atoms with Crippen LogP contribution in [0.1, 0.15) is 0 Å². The number of halogens is 2. The Labute approximate surface area is 44.3 Å². The molecule has 0 aromatic heterocycles. The Kier molecular flexibility index (Phi) is 3.48. The molecule has 0 saturated carbocycles. The summed E-state index contributed by atoms with van der Waals surface area (Å²) in [7, 11) is -0.120. The molecule has 0 bridgehead atoms. The van der Waals surface area contributed by atoms with Crippen LogP contribution >= 0.6 is 23.2 Å². The summed E-state index contributed by atoms with van der Waals surface area (Å²) in [5.74, 6) is 0. The van der Waals surface area contributed by atoms with Crippen molar-refractivity contribution in [2.75, 3.05) is 0 Å². The van der Waals surface area contributed by atoms with E-state index in [9.17, 15) is 0 Å². The van der Waals surface area contributed by atoms with Crippen LogP contribution in [0.3, 0.4) is 0 Å². The van der Waals surface area contributed by atoms with Crippen molar-refractivity contribution in [2.45, 2.75) is 11.0 Å². The lowest BCUT2D eigenvalue weighted by Gasteiger charge is -1.83. The Morgan fingerprint density at radius 2 is 1.80 bits per heavy atom. The van der Waals surface area contributed by atoms with Crippen molar-refractivity contribution >= 4 is 32.7 Å². The average molecular weight is 129 g/mol. The van der Waals surface area contributed by atoms with E-state index in [-0.39, 0.29) is 14.0 Å². The summed E-state index contributed by atoms with van der Waals surface area (Å²) in [6.45, 7) is 2.07. The minimum absolute atomic E-state index is 0.0324. The monoisotopic (exact) mass is 128 g/mol. The van der Waals surface area contributed by atoms with Crippen molar-refractivity contribution in [3.8, 4) is 0 Å². The van der Waals surface area contributed by atoms with E-state index in [1.54, 1.807) is 0 Å². The lowest BCUT2D eigenvalue weighted by Crippen LogP contribution is -1.91. The van der Waals surface area contributed by atoms with Gasteiger partial charge in [-0.3, -0.25) is 0 Å². The van der Waals surface area contributed by atoms with Crippen molar-refractivity contribution < 1.29 is 0 Å². The van der Waals surface area contributed by atoms with Gasteiger partial charge in [0.2, 0.25) is 0 Å². The van der Waals surface area contributed by atoms with Gasteiger partial charge in [-0.2, -0.15) is 0 Å². The second kappa shape index (κ2) is 3.01. The Morgan fingerprint density at radius 3 is 1.80 bits per heavy atom. The van der Waals surface area contributed by atoms with Crippen LogP contribution < -0.4 is 0 Å². The third-order valence-electron chi connectivity index (χ3n) is 0.309. The van der Waals surface area contributed by atoms with Crippen LogP contribution in [-0.4, -0.2) is 14.0 Å². The SMILES string of the molecule is C[SiH2]C(Cl)Cl. The molecule has 0 saturated heterocycles. The van der Waals surface area contributed by atoms with Gasteiger partial charge < -0.3 is 0 Å². The molecule has 0 N–H and O–H groups in total. The molecular weight excluding hydrogens is 123 g/mol. The summed E-state index contributed by atoms with van der Waals surface area (Å²) < 4.78 is -0.0324. The van der Waals surface area contributed by atoms with Crippen molar-refractivity contribution in [1.82, 2.24) is 0 Å². The van der Waals surface area contributed by atoms with Crippen molar-refractivity contribution in [3.05, 3.63) is 0 Å².